The summed E-state index contributed by atoms with van der Waals surface area (Å²) in [6, 6.07) is 36.9. The van der Waals surface area contributed by atoms with Crippen molar-refractivity contribution in [1.29, 1.82) is 0 Å². The molecule has 0 saturated carbocycles. The molecule has 0 aliphatic carbocycles. The van der Waals surface area contributed by atoms with Gasteiger partial charge in [-0.2, -0.15) is 0 Å². The standard InChI is InChI=1S/C33H21N3/c1-22-15-17-23(18-16-22)33-27(25-9-4-6-12-29(25)35-3)11-8-14-32(33)36-30-13-7-5-10-26(30)28-21-24(34-2)19-20-31(28)36/h4-21H,1H3. The summed E-state index contributed by atoms with van der Waals surface area (Å²) in [4.78, 5) is 7.49. The van der Waals surface area contributed by atoms with Crippen LogP contribution in [0.25, 0.3) is 59.4 Å². The Morgan fingerprint density at radius 3 is 2.14 bits per heavy atom. The Labute approximate surface area is 210 Å². The molecule has 0 fully saturated rings. The molecule has 0 aliphatic heterocycles. The molecular weight excluding hydrogens is 438 g/mol. The van der Waals surface area contributed by atoms with Gasteiger partial charge in [0, 0.05) is 10.9 Å². The van der Waals surface area contributed by atoms with Gasteiger partial charge in [0.1, 0.15) is 0 Å². The summed E-state index contributed by atoms with van der Waals surface area (Å²) in [5.41, 5.74) is 9.73. The second kappa shape index (κ2) is 8.58. The number of para-hydroxylation sites is 2. The zero-order valence-corrected chi connectivity index (χ0v) is 19.7. The fourth-order valence-corrected chi connectivity index (χ4v) is 5.06. The normalized spacial score (nSPS) is 10.9. The predicted octanol–water partition coefficient (Wildman–Crippen LogP) is 9.53. The Balaban J connectivity index is 1.77. The fourth-order valence-electron chi connectivity index (χ4n) is 5.06. The SMILES string of the molecule is [C-]#[N+]c1ccc2c(c1)c1ccccc1n2-c1cccc(-c2ccccc2[N+]#[C-])c1-c1ccc(C)cc1. The molecule has 0 atom stereocenters. The van der Waals surface area contributed by atoms with Gasteiger partial charge in [0.15, 0.2) is 11.4 Å². The maximum absolute atomic E-state index is 7.78. The van der Waals surface area contributed by atoms with Crippen molar-refractivity contribution in [2.75, 3.05) is 0 Å². The molecule has 1 heterocycles. The highest BCUT2D eigenvalue weighted by Crippen LogP contribution is 2.43. The highest BCUT2D eigenvalue weighted by Gasteiger charge is 2.19. The fraction of sp³-hybridized carbons (Fsp3) is 0.0303. The minimum atomic E-state index is 0.629. The van der Waals surface area contributed by atoms with Gasteiger partial charge in [-0.1, -0.05) is 90.5 Å². The van der Waals surface area contributed by atoms with E-state index in [1.807, 2.05) is 48.5 Å². The van der Waals surface area contributed by atoms with Crippen molar-refractivity contribution in [3.63, 3.8) is 0 Å². The molecule has 3 heteroatoms. The van der Waals surface area contributed by atoms with Gasteiger partial charge in [0.2, 0.25) is 0 Å². The van der Waals surface area contributed by atoms with Gasteiger partial charge in [-0.15, -0.1) is 0 Å². The topological polar surface area (TPSA) is 13.6 Å². The van der Waals surface area contributed by atoms with Crippen molar-refractivity contribution < 1.29 is 0 Å². The highest BCUT2D eigenvalue weighted by molar-refractivity contribution is 6.11. The van der Waals surface area contributed by atoms with Gasteiger partial charge in [-0.25, -0.2) is 9.69 Å². The average Bonchev–Trinajstić information content (AvgIpc) is 3.26. The summed E-state index contributed by atoms with van der Waals surface area (Å²) < 4.78 is 2.29. The maximum atomic E-state index is 7.78. The van der Waals surface area contributed by atoms with E-state index in [0.29, 0.717) is 11.4 Å². The average molecular weight is 460 g/mol. The molecule has 36 heavy (non-hydrogen) atoms. The number of rotatable bonds is 3. The Kier molecular flexibility index (Phi) is 5.11. The van der Waals surface area contributed by atoms with Gasteiger partial charge in [0.25, 0.3) is 0 Å². The second-order valence-corrected chi connectivity index (χ2v) is 8.86. The van der Waals surface area contributed by atoms with E-state index in [-0.39, 0.29) is 0 Å². The second-order valence-electron chi connectivity index (χ2n) is 8.86. The summed E-state index contributed by atoms with van der Waals surface area (Å²) in [6.07, 6.45) is 0. The van der Waals surface area contributed by atoms with Gasteiger partial charge in [-0.05, 0) is 53.3 Å². The number of benzene rings is 5. The smallest absolute Gasteiger partial charge is 0.194 e. The monoisotopic (exact) mass is 459 g/mol. The van der Waals surface area contributed by atoms with E-state index in [1.54, 1.807) is 0 Å². The van der Waals surface area contributed by atoms with E-state index in [4.69, 9.17) is 13.1 Å². The molecule has 1 aromatic heterocycles. The third-order valence-corrected chi connectivity index (χ3v) is 6.72. The molecule has 5 aromatic carbocycles. The lowest BCUT2D eigenvalue weighted by Crippen LogP contribution is -1.99. The van der Waals surface area contributed by atoms with E-state index in [9.17, 15) is 0 Å². The molecule has 0 N–H and O–H groups in total. The van der Waals surface area contributed by atoms with E-state index < -0.39 is 0 Å². The molecule has 0 spiro atoms. The van der Waals surface area contributed by atoms with Gasteiger partial charge in [-0.3, -0.25) is 0 Å². The van der Waals surface area contributed by atoms with Crippen LogP contribution >= 0.6 is 0 Å². The molecular formula is C33H21N3. The van der Waals surface area contributed by atoms with Crippen molar-refractivity contribution >= 4 is 33.2 Å². The number of fused-ring (bicyclic) bond motifs is 3. The van der Waals surface area contributed by atoms with E-state index >= 15 is 0 Å². The molecule has 0 radical (unpaired) electrons. The highest BCUT2D eigenvalue weighted by atomic mass is 15.0. The maximum Gasteiger partial charge on any atom is 0.194 e. The van der Waals surface area contributed by atoms with Crippen LogP contribution in [-0.2, 0) is 0 Å². The summed E-state index contributed by atoms with van der Waals surface area (Å²) in [5.74, 6) is 0. The van der Waals surface area contributed by atoms with Crippen LogP contribution in [0.15, 0.2) is 109 Å². The van der Waals surface area contributed by atoms with Crippen molar-refractivity contribution in [2.24, 2.45) is 0 Å². The lowest BCUT2D eigenvalue weighted by Gasteiger charge is -2.19. The Morgan fingerprint density at radius 1 is 0.611 bits per heavy atom. The quantitative estimate of drug-likeness (QED) is 0.234. The van der Waals surface area contributed by atoms with Gasteiger partial charge < -0.3 is 4.57 Å². The molecule has 3 nitrogen and oxygen atoms in total. The van der Waals surface area contributed by atoms with E-state index in [1.165, 1.54) is 5.56 Å². The van der Waals surface area contributed by atoms with E-state index in [0.717, 1.165) is 49.7 Å². The first-order valence-electron chi connectivity index (χ1n) is 11.8. The molecule has 0 saturated heterocycles. The van der Waals surface area contributed by atoms with E-state index in [2.05, 4.69) is 81.8 Å². The molecule has 6 rings (SSSR count). The number of nitrogens with zero attached hydrogens (tertiary/aromatic N) is 3. The molecule has 0 unspecified atom stereocenters. The molecule has 0 bridgehead atoms. The zero-order valence-electron chi connectivity index (χ0n) is 19.7. The van der Waals surface area contributed by atoms with Crippen molar-refractivity contribution in [2.45, 2.75) is 6.92 Å². The first kappa shape index (κ1) is 21.4. The van der Waals surface area contributed by atoms with Crippen LogP contribution in [0.3, 0.4) is 0 Å². The number of aromatic nitrogens is 1. The lowest BCUT2D eigenvalue weighted by molar-refractivity contribution is 1.18. The first-order chi connectivity index (χ1) is 17.7. The summed E-state index contributed by atoms with van der Waals surface area (Å²) in [6.45, 7) is 17.4. The van der Waals surface area contributed by atoms with Crippen LogP contribution in [0, 0.1) is 20.1 Å². The predicted molar refractivity (Wildman–Crippen MR) is 149 cm³/mol. The molecule has 168 valence electrons. The van der Waals surface area contributed by atoms with Crippen LogP contribution in [-0.4, -0.2) is 4.57 Å². The molecule has 6 aromatic rings. The number of hydrogen-bond donors (Lipinski definition) is 0. The minimum absolute atomic E-state index is 0.629. The Bertz CT molecular complexity index is 1860. The van der Waals surface area contributed by atoms with Crippen LogP contribution in [0.5, 0.6) is 0 Å². The molecule has 0 aliphatic rings. The Hall–Kier alpha value is -5.12. The Morgan fingerprint density at radius 2 is 1.33 bits per heavy atom. The van der Waals surface area contributed by atoms with Crippen molar-refractivity contribution in [3.8, 4) is 27.9 Å². The largest absolute Gasteiger partial charge is 0.309 e. The molecule has 0 amide bonds. The summed E-state index contributed by atoms with van der Waals surface area (Å²) in [7, 11) is 0. The van der Waals surface area contributed by atoms with Gasteiger partial charge >= 0.3 is 0 Å². The van der Waals surface area contributed by atoms with Crippen LogP contribution in [0.4, 0.5) is 11.4 Å². The van der Waals surface area contributed by atoms with Crippen LogP contribution < -0.4 is 0 Å². The summed E-state index contributed by atoms with van der Waals surface area (Å²) >= 11 is 0. The van der Waals surface area contributed by atoms with Crippen LogP contribution in [0.1, 0.15) is 5.56 Å². The lowest BCUT2D eigenvalue weighted by atomic mass is 9.91. The van der Waals surface area contributed by atoms with Crippen molar-refractivity contribution in [3.05, 3.63) is 138 Å². The number of aryl methyl sites for hydroxylation is 1. The first-order valence-corrected chi connectivity index (χ1v) is 11.8. The van der Waals surface area contributed by atoms with Gasteiger partial charge in [0.05, 0.1) is 29.9 Å². The van der Waals surface area contributed by atoms with Crippen molar-refractivity contribution in [1.82, 2.24) is 4.57 Å². The zero-order chi connectivity index (χ0) is 24.6. The van der Waals surface area contributed by atoms with Crippen LogP contribution in [0.2, 0.25) is 0 Å². The third kappa shape index (κ3) is 3.35. The minimum Gasteiger partial charge on any atom is -0.309 e. The summed E-state index contributed by atoms with van der Waals surface area (Å²) in [5, 5.41) is 2.17. The third-order valence-electron chi connectivity index (χ3n) is 6.72. The number of hydrogen-bond acceptors (Lipinski definition) is 0.